The van der Waals surface area contributed by atoms with Gasteiger partial charge in [0.1, 0.15) is 17.6 Å². The molecule has 0 aromatic carbocycles. The van der Waals surface area contributed by atoms with Crippen molar-refractivity contribution in [3.05, 3.63) is 11.8 Å². The minimum absolute atomic E-state index is 0.136. The number of halogens is 1. The van der Waals surface area contributed by atoms with E-state index in [1.165, 1.54) is 25.5 Å². The summed E-state index contributed by atoms with van der Waals surface area (Å²) in [5, 5.41) is 19.3. The number of anilines is 2. The lowest BCUT2D eigenvalue weighted by atomic mass is 9.89. The van der Waals surface area contributed by atoms with Gasteiger partial charge in [-0.1, -0.05) is 13.3 Å². The number of aromatic nitrogens is 2. The molecule has 8 nitrogen and oxygen atoms in total. The molecule has 2 heterocycles. The van der Waals surface area contributed by atoms with Gasteiger partial charge in [0.25, 0.3) is 5.91 Å². The van der Waals surface area contributed by atoms with Crippen molar-refractivity contribution < 1.29 is 14.3 Å². The number of rotatable bonds is 9. The summed E-state index contributed by atoms with van der Waals surface area (Å²) in [5.41, 5.74) is 0.417. The van der Waals surface area contributed by atoms with Crippen LogP contribution in [0.5, 0.6) is 0 Å². The van der Waals surface area contributed by atoms with E-state index in [1.54, 1.807) is 6.92 Å². The molecule has 1 saturated heterocycles. The molecule has 4 rings (SSSR count). The number of carbonyl (C=O) groups excluding carboxylic acids is 1. The predicted octanol–water partition coefficient (Wildman–Crippen LogP) is 3.10. The maximum atomic E-state index is 13.7. The molecule has 33 heavy (non-hydrogen) atoms. The van der Waals surface area contributed by atoms with Crippen LogP contribution in [0.15, 0.2) is 6.20 Å². The number of alkyl halides is 1. The Morgan fingerprint density at radius 2 is 1.88 bits per heavy atom. The van der Waals surface area contributed by atoms with Gasteiger partial charge in [0.2, 0.25) is 5.95 Å². The summed E-state index contributed by atoms with van der Waals surface area (Å²) in [4.78, 5) is 24.5. The van der Waals surface area contributed by atoms with Crippen LogP contribution in [0.2, 0.25) is 0 Å². The van der Waals surface area contributed by atoms with Gasteiger partial charge in [-0.05, 0) is 57.8 Å². The third kappa shape index (κ3) is 6.53. The fraction of sp³-hybridized carbons (Fsp3) is 0.792. The molecule has 0 spiro atoms. The molecule has 4 N–H and O–H groups in total. The molecule has 1 aromatic rings. The van der Waals surface area contributed by atoms with Crippen LogP contribution in [0.1, 0.15) is 81.5 Å². The van der Waals surface area contributed by atoms with Crippen LogP contribution >= 0.6 is 0 Å². The number of hydrogen-bond acceptors (Lipinski definition) is 7. The van der Waals surface area contributed by atoms with E-state index in [9.17, 15) is 14.3 Å². The summed E-state index contributed by atoms with van der Waals surface area (Å²) in [6, 6.07) is 1.04. The van der Waals surface area contributed by atoms with E-state index in [1.807, 2.05) is 0 Å². The first-order valence-corrected chi connectivity index (χ1v) is 12.8. The van der Waals surface area contributed by atoms with Crippen molar-refractivity contribution in [2.45, 2.75) is 102 Å². The van der Waals surface area contributed by atoms with Crippen LogP contribution in [0.3, 0.4) is 0 Å². The van der Waals surface area contributed by atoms with Crippen molar-refractivity contribution in [2.75, 3.05) is 30.3 Å². The van der Waals surface area contributed by atoms with Crippen molar-refractivity contribution in [1.29, 1.82) is 0 Å². The number of aliphatic hydroxyl groups is 1. The van der Waals surface area contributed by atoms with E-state index in [2.05, 4.69) is 30.8 Å². The van der Waals surface area contributed by atoms with Gasteiger partial charge in [-0.3, -0.25) is 4.79 Å². The van der Waals surface area contributed by atoms with Gasteiger partial charge in [-0.2, -0.15) is 4.98 Å². The van der Waals surface area contributed by atoms with E-state index in [-0.39, 0.29) is 30.6 Å². The van der Waals surface area contributed by atoms with E-state index in [4.69, 9.17) is 0 Å². The molecule has 1 amide bonds. The van der Waals surface area contributed by atoms with Crippen LogP contribution < -0.4 is 16.0 Å². The number of aliphatic hydroxyl groups excluding tert-OH is 1. The Bertz CT molecular complexity index is 776. The minimum Gasteiger partial charge on any atom is -0.393 e. The number of nitrogens with zero attached hydrogens (tertiary/aromatic N) is 3. The van der Waals surface area contributed by atoms with Gasteiger partial charge in [-0.15, -0.1) is 0 Å². The zero-order valence-corrected chi connectivity index (χ0v) is 19.7. The third-order valence-corrected chi connectivity index (χ3v) is 7.45. The standard InChI is InChI=1S/C24H39FN6O2/c1-2-16(25)14-26-24-27-15-21(22(30-24)28-17-6-8-20(32)9-7-17)23(33)29-18-10-12-31(13-11-18)19-4-3-5-19/h15-20,32H,2-14H2,1H3,(H,29,33)(H2,26,27,28,30)/t16?,17-,20-. The SMILES string of the molecule is CCC(F)CNc1ncc(C(=O)NC2CCN(C3CCC3)CC2)c(N[C@H]2CC[C@H](O)CC2)n1. The van der Waals surface area contributed by atoms with Gasteiger partial charge in [-0.25, -0.2) is 9.37 Å². The number of likely N-dealkylation sites (tertiary alicyclic amines) is 1. The van der Waals surface area contributed by atoms with Gasteiger partial charge in [0, 0.05) is 44.0 Å². The molecule has 3 aliphatic rings. The molecule has 2 saturated carbocycles. The van der Waals surface area contributed by atoms with Gasteiger partial charge >= 0.3 is 0 Å². The normalized spacial score (nSPS) is 25.8. The first-order valence-electron chi connectivity index (χ1n) is 12.8. The molecule has 9 heteroatoms. The van der Waals surface area contributed by atoms with Crippen molar-refractivity contribution >= 4 is 17.7 Å². The van der Waals surface area contributed by atoms with Gasteiger partial charge in [0.15, 0.2) is 0 Å². The van der Waals surface area contributed by atoms with E-state index < -0.39 is 6.17 Å². The highest BCUT2D eigenvalue weighted by molar-refractivity contribution is 5.98. The quantitative estimate of drug-likeness (QED) is 0.447. The molecule has 1 atom stereocenters. The van der Waals surface area contributed by atoms with Crippen LogP contribution in [0, 0.1) is 0 Å². The molecule has 0 bridgehead atoms. The first kappa shape index (κ1) is 24.1. The average Bonchev–Trinajstić information content (AvgIpc) is 2.79. The van der Waals surface area contributed by atoms with E-state index >= 15 is 0 Å². The smallest absolute Gasteiger partial charge is 0.256 e. The second-order valence-electron chi connectivity index (χ2n) is 9.86. The van der Waals surface area contributed by atoms with E-state index in [0.717, 1.165) is 57.7 Å². The number of amides is 1. The second-order valence-corrected chi connectivity index (χ2v) is 9.86. The molecule has 0 radical (unpaired) electrons. The molecule has 1 aliphatic heterocycles. The zero-order chi connectivity index (χ0) is 23.2. The summed E-state index contributed by atoms with van der Waals surface area (Å²) >= 11 is 0. The Kier molecular flexibility index (Phi) is 8.35. The highest BCUT2D eigenvalue weighted by Gasteiger charge is 2.30. The zero-order valence-electron chi connectivity index (χ0n) is 19.7. The third-order valence-electron chi connectivity index (χ3n) is 7.45. The van der Waals surface area contributed by atoms with Crippen molar-refractivity contribution in [3.63, 3.8) is 0 Å². The molecular weight excluding hydrogens is 423 g/mol. The number of nitrogens with one attached hydrogen (secondary N) is 3. The largest absolute Gasteiger partial charge is 0.393 e. The van der Waals surface area contributed by atoms with Gasteiger partial charge in [0.05, 0.1) is 6.10 Å². The maximum absolute atomic E-state index is 13.7. The fourth-order valence-corrected chi connectivity index (χ4v) is 4.93. The highest BCUT2D eigenvalue weighted by Crippen LogP contribution is 2.28. The lowest BCUT2D eigenvalue weighted by Gasteiger charge is -2.41. The maximum Gasteiger partial charge on any atom is 0.256 e. The Balaban J connectivity index is 1.40. The fourth-order valence-electron chi connectivity index (χ4n) is 4.93. The van der Waals surface area contributed by atoms with Crippen LogP contribution in [0.25, 0.3) is 0 Å². The second kappa shape index (κ2) is 11.4. The average molecular weight is 463 g/mol. The lowest BCUT2D eigenvalue weighted by molar-refractivity contribution is 0.0800. The topological polar surface area (TPSA) is 102 Å². The molecule has 184 valence electrons. The molecule has 1 unspecified atom stereocenters. The Hall–Kier alpha value is -2.00. The molecular formula is C24H39FN6O2. The molecule has 1 aromatic heterocycles. The summed E-state index contributed by atoms with van der Waals surface area (Å²) in [6.45, 7) is 4.00. The summed E-state index contributed by atoms with van der Waals surface area (Å²) < 4.78 is 13.7. The van der Waals surface area contributed by atoms with Crippen LogP contribution in [-0.2, 0) is 0 Å². The predicted molar refractivity (Wildman–Crippen MR) is 127 cm³/mol. The van der Waals surface area contributed by atoms with Gasteiger partial charge < -0.3 is 26.0 Å². The summed E-state index contributed by atoms with van der Waals surface area (Å²) in [5.74, 6) is 0.624. The van der Waals surface area contributed by atoms with Crippen LogP contribution in [-0.4, -0.2) is 75.9 Å². The Morgan fingerprint density at radius 1 is 1.15 bits per heavy atom. The van der Waals surface area contributed by atoms with Crippen LogP contribution in [0.4, 0.5) is 16.2 Å². The monoisotopic (exact) mass is 462 g/mol. The highest BCUT2D eigenvalue weighted by atomic mass is 19.1. The number of hydrogen-bond donors (Lipinski definition) is 4. The number of carbonyl (C=O) groups is 1. The summed E-state index contributed by atoms with van der Waals surface area (Å²) in [6.07, 6.45) is 9.70. The molecule has 2 aliphatic carbocycles. The Morgan fingerprint density at radius 3 is 2.52 bits per heavy atom. The van der Waals surface area contributed by atoms with Crippen molar-refractivity contribution in [1.82, 2.24) is 20.2 Å². The van der Waals surface area contributed by atoms with Crippen molar-refractivity contribution in [3.8, 4) is 0 Å². The van der Waals surface area contributed by atoms with E-state index in [0.29, 0.717) is 23.8 Å². The molecule has 3 fully saturated rings. The van der Waals surface area contributed by atoms with Crippen molar-refractivity contribution in [2.24, 2.45) is 0 Å². The Labute approximate surface area is 196 Å². The first-order chi connectivity index (χ1) is 16.0. The number of piperidine rings is 1. The minimum atomic E-state index is -0.974. The lowest BCUT2D eigenvalue weighted by Crippen LogP contribution is -2.49. The summed E-state index contributed by atoms with van der Waals surface area (Å²) in [7, 11) is 0.